The minimum Gasteiger partial charge on any atom is -0.377 e. The van der Waals surface area contributed by atoms with E-state index in [1.165, 1.54) is 35.2 Å². The fraction of sp³-hybridized carbons (Fsp3) is 0.227. The molecule has 166 valence electrons. The second kappa shape index (κ2) is 8.54. The van der Waals surface area contributed by atoms with Crippen LogP contribution in [0.5, 0.6) is 0 Å². The molecule has 1 N–H and O–H groups in total. The van der Waals surface area contributed by atoms with Crippen molar-refractivity contribution >= 4 is 5.91 Å². The van der Waals surface area contributed by atoms with Gasteiger partial charge in [0.15, 0.2) is 0 Å². The number of nitrogens with zero attached hydrogens (tertiary/aromatic N) is 2. The number of hydrogen-bond acceptors (Lipinski definition) is 4. The van der Waals surface area contributed by atoms with Gasteiger partial charge in [0.25, 0.3) is 11.5 Å². The number of pyridine rings is 2. The summed E-state index contributed by atoms with van der Waals surface area (Å²) in [6.07, 6.45) is -1.84. The Morgan fingerprint density at radius 3 is 2.44 bits per heavy atom. The Hall–Kier alpha value is -3.53. The van der Waals surface area contributed by atoms with Crippen molar-refractivity contribution in [3.8, 4) is 0 Å². The minimum absolute atomic E-state index is 0.129. The molecule has 32 heavy (non-hydrogen) atoms. The zero-order valence-corrected chi connectivity index (χ0v) is 16.5. The Balaban J connectivity index is 1.68. The average Bonchev–Trinajstić information content (AvgIpc) is 2.72. The number of carbonyl (C=O) groups is 1. The van der Waals surface area contributed by atoms with E-state index in [2.05, 4.69) is 10.3 Å². The van der Waals surface area contributed by atoms with Crippen LogP contribution in [0.25, 0.3) is 0 Å². The molecule has 0 aliphatic carbocycles. The number of nitrogens with one attached hydrogen (secondary N) is 1. The van der Waals surface area contributed by atoms with E-state index < -0.39 is 29.5 Å². The first kappa shape index (κ1) is 21.7. The number of amides is 1. The average molecular weight is 447 g/mol. The van der Waals surface area contributed by atoms with Crippen LogP contribution in [-0.2, 0) is 10.9 Å². The lowest BCUT2D eigenvalue weighted by Gasteiger charge is -2.28. The monoisotopic (exact) mass is 447 g/mol. The fourth-order valence-electron chi connectivity index (χ4n) is 3.31. The molecule has 1 aliphatic heterocycles. The summed E-state index contributed by atoms with van der Waals surface area (Å²) < 4.78 is 59.7. The van der Waals surface area contributed by atoms with Crippen LogP contribution >= 0.6 is 0 Å². The Kier molecular flexibility index (Phi) is 5.79. The van der Waals surface area contributed by atoms with Gasteiger partial charge in [0.1, 0.15) is 11.5 Å². The molecule has 0 radical (unpaired) electrons. The summed E-state index contributed by atoms with van der Waals surface area (Å²) in [6, 6.07) is 7.76. The van der Waals surface area contributed by atoms with Crippen molar-refractivity contribution in [2.45, 2.75) is 18.3 Å². The van der Waals surface area contributed by atoms with Crippen LogP contribution in [-0.4, -0.2) is 28.7 Å². The maximum absolute atomic E-state index is 14.5. The van der Waals surface area contributed by atoms with Crippen molar-refractivity contribution in [3.63, 3.8) is 0 Å². The van der Waals surface area contributed by atoms with Gasteiger partial charge in [0.2, 0.25) is 0 Å². The number of alkyl halides is 3. The summed E-state index contributed by atoms with van der Waals surface area (Å²) in [4.78, 5) is 29.0. The third kappa shape index (κ3) is 4.40. The fourth-order valence-corrected chi connectivity index (χ4v) is 3.31. The molecule has 1 aliphatic rings. The van der Waals surface area contributed by atoms with E-state index >= 15 is 0 Å². The molecule has 3 aromatic rings. The third-order valence-corrected chi connectivity index (χ3v) is 5.12. The van der Waals surface area contributed by atoms with Crippen LogP contribution in [0.1, 0.15) is 39.3 Å². The first-order chi connectivity index (χ1) is 15.2. The second-order valence-electron chi connectivity index (χ2n) is 7.25. The number of ether oxygens (including phenoxy) is 1. The van der Waals surface area contributed by atoms with Crippen LogP contribution in [0.3, 0.4) is 0 Å². The highest BCUT2D eigenvalue weighted by Crippen LogP contribution is 2.31. The van der Waals surface area contributed by atoms with E-state index in [0.29, 0.717) is 13.2 Å². The molecule has 0 spiro atoms. The topological polar surface area (TPSA) is 73.2 Å². The number of halogens is 4. The van der Waals surface area contributed by atoms with Gasteiger partial charge in [-0.25, -0.2) is 4.39 Å². The summed E-state index contributed by atoms with van der Waals surface area (Å²) in [5.41, 5.74) is -0.983. The van der Waals surface area contributed by atoms with Crippen LogP contribution in [0.4, 0.5) is 17.6 Å². The van der Waals surface area contributed by atoms with Crippen molar-refractivity contribution < 1.29 is 27.1 Å². The molecule has 6 nitrogen and oxygen atoms in total. The van der Waals surface area contributed by atoms with Crippen molar-refractivity contribution in [1.29, 1.82) is 0 Å². The lowest BCUT2D eigenvalue weighted by Crippen LogP contribution is -2.38. The van der Waals surface area contributed by atoms with Crippen molar-refractivity contribution in [2.24, 2.45) is 0 Å². The van der Waals surface area contributed by atoms with Gasteiger partial charge in [0, 0.05) is 18.5 Å². The van der Waals surface area contributed by atoms with Crippen LogP contribution in [0.15, 0.2) is 65.7 Å². The van der Waals surface area contributed by atoms with Crippen molar-refractivity contribution in [3.05, 3.63) is 99.5 Å². The van der Waals surface area contributed by atoms with Crippen LogP contribution in [0.2, 0.25) is 0 Å². The largest absolute Gasteiger partial charge is 0.416 e. The van der Waals surface area contributed by atoms with Gasteiger partial charge in [0.05, 0.1) is 36.4 Å². The van der Waals surface area contributed by atoms with Gasteiger partial charge in [-0.3, -0.25) is 14.6 Å². The second-order valence-corrected chi connectivity index (χ2v) is 7.25. The van der Waals surface area contributed by atoms with E-state index in [4.69, 9.17) is 4.74 Å². The molecule has 10 heteroatoms. The molecule has 2 aromatic heterocycles. The molecule has 0 unspecified atom stereocenters. The van der Waals surface area contributed by atoms with E-state index in [0.717, 1.165) is 30.3 Å². The number of carbonyl (C=O) groups excluding carboxylic acids is 1. The first-order valence-corrected chi connectivity index (χ1v) is 9.62. The van der Waals surface area contributed by atoms with E-state index in [1.54, 1.807) is 0 Å². The summed E-state index contributed by atoms with van der Waals surface area (Å²) in [5.74, 6) is -1.37. The van der Waals surface area contributed by atoms with Gasteiger partial charge >= 0.3 is 6.18 Å². The first-order valence-electron chi connectivity index (χ1n) is 9.62. The Morgan fingerprint density at radius 1 is 1.12 bits per heavy atom. The van der Waals surface area contributed by atoms with Gasteiger partial charge in [-0.2, -0.15) is 13.2 Å². The van der Waals surface area contributed by atoms with Crippen LogP contribution in [0, 0.1) is 5.82 Å². The highest BCUT2D eigenvalue weighted by Gasteiger charge is 2.31. The predicted octanol–water partition coefficient (Wildman–Crippen LogP) is 3.49. The van der Waals surface area contributed by atoms with Gasteiger partial charge in [-0.05, 0) is 35.9 Å². The highest BCUT2D eigenvalue weighted by atomic mass is 19.4. The lowest BCUT2D eigenvalue weighted by atomic mass is 10.0. The Morgan fingerprint density at radius 2 is 1.84 bits per heavy atom. The summed E-state index contributed by atoms with van der Waals surface area (Å²) in [7, 11) is 0. The number of hydrogen-bond donors (Lipinski definition) is 1. The van der Waals surface area contributed by atoms with E-state index in [9.17, 15) is 27.2 Å². The maximum Gasteiger partial charge on any atom is 0.416 e. The SMILES string of the molecule is O=C(N[C@@H](c1ccc(C(F)(F)F)cc1)c1ncccc1F)c1ccc(=O)n(C2COC2)c1. The lowest BCUT2D eigenvalue weighted by molar-refractivity contribution is -0.137. The van der Waals surface area contributed by atoms with E-state index in [1.807, 2.05) is 0 Å². The summed E-state index contributed by atoms with van der Waals surface area (Å²) in [5, 5.41) is 2.62. The third-order valence-electron chi connectivity index (χ3n) is 5.12. The summed E-state index contributed by atoms with van der Waals surface area (Å²) >= 11 is 0. The standard InChI is InChI=1S/C22H17F4N3O3/c23-17-2-1-9-27-20(17)19(13-3-6-15(7-4-13)22(24,25)26)28-21(31)14-5-8-18(30)29(10-14)16-11-32-12-16/h1-10,16,19H,11-12H2,(H,28,31)/t19-/m0/s1. The van der Waals surface area contributed by atoms with E-state index in [-0.39, 0.29) is 28.4 Å². The Labute approximate surface area is 179 Å². The quantitative estimate of drug-likeness (QED) is 0.608. The molecular formula is C22H17F4N3O3. The van der Waals surface area contributed by atoms with Gasteiger partial charge in [-0.1, -0.05) is 12.1 Å². The molecular weight excluding hydrogens is 430 g/mol. The molecule has 1 amide bonds. The predicted molar refractivity (Wildman–Crippen MR) is 106 cm³/mol. The molecule has 1 aromatic carbocycles. The minimum atomic E-state index is -4.54. The normalized spacial score (nSPS) is 15.1. The molecule has 1 fully saturated rings. The zero-order chi connectivity index (χ0) is 22.9. The molecule has 1 saturated heterocycles. The molecule has 0 saturated carbocycles. The molecule has 1 atom stereocenters. The van der Waals surface area contributed by atoms with Gasteiger partial charge in [-0.15, -0.1) is 0 Å². The number of benzene rings is 1. The molecule has 3 heterocycles. The smallest absolute Gasteiger partial charge is 0.377 e. The molecule has 0 bridgehead atoms. The van der Waals surface area contributed by atoms with Crippen molar-refractivity contribution in [2.75, 3.05) is 13.2 Å². The zero-order valence-electron chi connectivity index (χ0n) is 16.5. The Bertz CT molecular complexity index is 1190. The van der Waals surface area contributed by atoms with Gasteiger partial charge < -0.3 is 14.6 Å². The maximum atomic E-state index is 14.5. The van der Waals surface area contributed by atoms with Crippen LogP contribution < -0.4 is 10.9 Å². The number of aromatic nitrogens is 2. The summed E-state index contributed by atoms with van der Waals surface area (Å²) in [6.45, 7) is 0.691. The number of rotatable bonds is 5. The highest BCUT2D eigenvalue weighted by molar-refractivity contribution is 5.94. The molecule has 4 rings (SSSR count). The van der Waals surface area contributed by atoms with Crippen molar-refractivity contribution in [1.82, 2.24) is 14.9 Å².